The van der Waals surface area contributed by atoms with Gasteiger partial charge in [-0.3, -0.25) is 4.79 Å². The van der Waals surface area contributed by atoms with E-state index in [0.29, 0.717) is 12.1 Å². The number of rotatable bonds is 6. The van der Waals surface area contributed by atoms with Gasteiger partial charge in [-0.05, 0) is 42.9 Å². The second kappa shape index (κ2) is 8.16. The van der Waals surface area contributed by atoms with Crippen LogP contribution in [0.3, 0.4) is 0 Å². The maximum absolute atomic E-state index is 12.5. The molecule has 0 aliphatic heterocycles. The zero-order valence-electron chi connectivity index (χ0n) is 14.2. The van der Waals surface area contributed by atoms with Crippen LogP contribution in [0, 0.1) is 0 Å². The van der Waals surface area contributed by atoms with Crippen molar-refractivity contribution >= 4 is 5.91 Å². The van der Waals surface area contributed by atoms with Crippen LogP contribution < -0.4 is 5.32 Å². The fourth-order valence-electron chi connectivity index (χ4n) is 2.39. The summed E-state index contributed by atoms with van der Waals surface area (Å²) in [4.78, 5) is 14.0. The van der Waals surface area contributed by atoms with Crippen molar-refractivity contribution in [2.75, 3.05) is 14.1 Å². The van der Waals surface area contributed by atoms with E-state index in [-0.39, 0.29) is 12.3 Å². The van der Waals surface area contributed by atoms with E-state index in [2.05, 4.69) is 10.2 Å². The summed E-state index contributed by atoms with van der Waals surface area (Å²) < 4.78 is 37.5. The molecule has 2 rings (SSSR count). The van der Waals surface area contributed by atoms with Crippen molar-refractivity contribution in [3.05, 3.63) is 70.8 Å². The highest BCUT2D eigenvalue weighted by Gasteiger charge is 2.29. The molecule has 0 aliphatic carbocycles. The lowest BCUT2D eigenvalue weighted by Crippen LogP contribution is -2.24. The number of carbonyl (C=O) groups is 1. The highest BCUT2D eigenvalue weighted by Crippen LogP contribution is 2.29. The molecule has 0 bridgehead atoms. The molecule has 0 saturated heterocycles. The topological polar surface area (TPSA) is 32.3 Å². The summed E-state index contributed by atoms with van der Waals surface area (Å²) in [7, 11) is 3.99. The highest BCUT2D eigenvalue weighted by molar-refractivity contribution is 5.78. The summed E-state index contributed by atoms with van der Waals surface area (Å²) in [5.41, 5.74) is 1.99. The number of nitrogens with one attached hydrogen (secondary N) is 1. The van der Waals surface area contributed by atoms with E-state index in [1.54, 1.807) is 0 Å². The van der Waals surface area contributed by atoms with Crippen molar-refractivity contribution in [1.29, 1.82) is 0 Å². The maximum Gasteiger partial charge on any atom is 0.416 e. The van der Waals surface area contributed by atoms with Gasteiger partial charge >= 0.3 is 6.18 Å². The van der Waals surface area contributed by atoms with Gasteiger partial charge in [0.05, 0.1) is 12.0 Å². The highest BCUT2D eigenvalue weighted by atomic mass is 19.4. The lowest BCUT2D eigenvalue weighted by Gasteiger charge is -2.11. The molecule has 0 unspecified atom stereocenters. The fourth-order valence-corrected chi connectivity index (χ4v) is 2.39. The molecule has 0 radical (unpaired) electrons. The monoisotopic (exact) mass is 350 g/mol. The summed E-state index contributed by atoms with van der Waals surface area (Å²) in [5, 5.41) is 2.78. The third-order valence-corrected chi connectivity index (χ3v) is 3.66. The zero-order chi connectivity index (χ0) is 18.4. The third kappa shape index (κ3) is 6.23. The Morgan fingerprint density at radius 3 is 1.96 bits per heavy atom. The number of hydrogen-bond acceptors (Lipinski definition) is 2. The summed E-state index contributed by atoms with van der Waals surface area (Å²) in [6.45, 7) is 1.24. The van der Waals surface area contributed by atoms with Gasteiger partial charge in [0.25, 0.3) is 0 Å². The molecule has 0 fully saturated rings. The molecule has 1 N–H and O–H groups in total. The maximum atomic E-state index is 12.5. The number of halogens is 3. The summed E-state index contributed by atoms with van der Waals surface area (Å²) >= 11 is 0. The standard InChI is InChI=1S/C19H21F3N2O/c1-24(2)13-16-5-3-15(4-6-16)12-23-18(25)11-14-7-9-17(10-8-14)19(20,21)22/h3-10H,11-13H2,1-2H3,(H,23,25). The Labute approximate surface area is 145 Å². The van der Waals surface area contributed by atoms with Crippen LogP contribution in [0.2, 0.25) is 0 Å². The molecule has 0 aliphatic rings. The Hall–Kier alpha value is -2.34. The number of amides is 1. The molecule has 0 aromatic heterocycles. The van der Waals surface area contributed by atoms with E-state index in [1.807, 2.05) is 38.4 Å². The van der Waals surface area contributed by atoms with E-state index in [0.717, 1.165) is 24.2 Å². The first kappa shape index (κ1) is 19.0. The molecule has 6 heteroatoms. The fraction of sp³-hybridized carbons (Fsp3) is 0.316. The van der Waals surface area contributed by atoms with E-state index in [9.17, 15) is 18.0 Å². The average molecular weight is 350 g/mol. The second-order valence-corrected chi connectivity index (χ2v) is 6.20. The molecule has 0 spiro atoms. The van der Waals surface area contributed by atoms with Crippen molar-refractivity contribution in [3.63, 3.8) is 0 Å². The SMILES string of the molecule is CN(C)Cc1ccc(CNC(=O)Cc2ccc(C(F)(F)F)cc2)cc1. The van der Waals surface area contributed by atoms with Gasteiger partial charge in [-0.25, -0.2) is 0 Å². The van der Waals surface area contributed by atoms with E-state index < -0.39 is 11.7 Å². The van der Waals surface area contributed by atoms with E-state index in [1.165, 1.54) is 17.7 Å². The molecular formula is C19H21F3N2O. The number of carbonyl (C=O) groups excluding carboxylic acids is 1. The number of benzene rings is 2. The molecule has 2 aromatic rings. The molecule has 3 nitrogen and oxygen atoms in total. The van der Waals surface area contributed by atoms with Gasteiger partial charge in [-0.15, -0.1) is 0 Å². The molecule has 2 aromatic carbocycles. The number of nitrogens with zero attached hydrogens (tertiary/aromatic N) is 1. The Bertz CT molecular complexity index is 692. The minimum absolute atomic E-state index is 0.0524. The Kier molecular flexibility index (Phi) is 6.20. The van der Waals surface area contributed by atoms with Gasteiger partial charge in [0.15, 0.2) is 0 Å². The van der Waals surface area contributed by atoms with Gasteiger partial charge < -0.3 is 10.2 Å². The van der Waals surface area contributed by atoms with Crippen LogP contribution in [0.25, 0.3) is 0 Å². The average Bonchev–Trinajstić information content (AvgIpc) is 2.53. The minimum atomic E-state index is -4.36. The summed E-state index contributed by atoms with van der Waals surface area (Å²) in [5.74, 6) is -0.225. The van der Waals surface area contributed by atoms with Crippen LogP contribution in [0.5, 0.6) is 0 Å². The van der Waals surface area contributed by atoms with Gasteiger partial charge in [0.2, 0.25) is 5.91 Å². The van der Waals surface area contributed by atoms with Crippen molar-refractivity contribution in [3.8, 4) is 0 Å². The molecule has 1 amide bonds. The Morgan fingerprint density at radius 2 is 1.44 bits per heavy atom. The molecule has 0 saturated carbocycles. The minimum Gasteiger partial charge on any atom is -0.352 e. The van der Waals surface area contributed by atoms with E-state index in [4.69, 9.17) is 0 Å². The van der Waals surface area contributed by atoms with Gasteiger partial charge in [-0.1, -0.05) is 36.4 Å². The van der Waals surface area contributed by atoms with Gasteiger partial charge in [-0.2, -0.15) is 13.2 Å². The molecule has 0 atom stereocenters. The third-order valence-electron chi connectivity index (χ3n) is 3.66. The largest absolute Gasteiger partial charge is 0.416 e. The quantitative estimate of drug-likeness (QED) is 0.863. The van der Waals surface area contributed by atoms with E-state index >= 15 is 0 Å². The van der Waals surface area contributed by atoms with Crippen molar-refractivity contribution in [2.24, 2.45) is 0 Å². The predicted octanol–water partition coefficient (Wildman–Crippen LogP) is 3.63. The molecule has 25 heavy (non-hydrogen) atoms. The van der Waals surface area contributed by atoms with Gasteiger partial charge in [0.1, 0.15) is 0 Å². The molecule has 134 valence electrons. The second-order valence-electron chi connectivity index (χ2n) is 6.20. The first-order valence-electron chi connectivity index (χ1n) is 7.89. The summed E-state index contributed by atoms with van der Waals surface area (Å²) in [6.07, 6.45) is -4.31. The van der Waals surface area contributed by atoms with Crippen molar-refractivity contribution in [1.82, 2.24) is 10.2 Å². The first-order chi connectivity index (χ1) is 11.7. The zero-order valence-corrected chi connectivity index (χ0v) is 14.2. The molecule has 0 heterocycles. The normalized spacial score (nSPS) is 11.6. The Morgan fingerprint density at radius 1 is 0.920 bits per heavy atom. The smallest absolute Gasteiger partial charge is 0.352 e. The van der Waals surface area contributed by atoms with Crippen LogP contribution in [0.15, 0.2) is 48.5 Å². The van der Waals surface area contributed by atoms with Crippen molar-refractivity contribution < 1.29 is 18.0 Å². The van der Waals surface area contributed by atoms with Gasteiger partial charge in [0, 0.05) is 13.1 Å². The van der Waals surface area contributed by atoms with Crippen LogP contribution in [0.4, 0.5) is 13.2 Å². The number of hydrogen-bond donors (Lipinski definition) is 1. The number of alkyl halides is 3. The Balaban J connectivity index is 1.84. The summed E-state index contributed by atoms with van der Waals surface area (Å²) in [6, 6.07) is 12.6. The molecular weight excluding hydrogens is 329 g/mol. The van der Waals surface area contributed by atoms with Crippen LogP contribution in [0.1, 0.15) is 22.3 Å². The first-order valence-corrected chi connectivity index (χ1v) is 7.89. The van der Waals surface area contributed by atoms with Crippen LogP contribution >= 0.6 is 0 Å². The van der Waals surface area contributed by atoms with Crippen LogP contribution in [-0.4, -0.2) is 24.9 Å². The predicted molar refractivity (Wildman–Crippen MR) is 90.8 cm³/mol. The lowest BCUT2D eigenvalue weighted by atomic mass is 10.1. The van der Waals surface area contributed by atoms with Crippen LogP contribution in [-0.2, 0) is 30.5 Å². The lowest BCUT2D eigenvalue weighted by molar-refractivity contribution is -0.137. The van der Waals surface area contributed by atoms with Crippen molar-refractivity contribution in [2.45, 2.75) is 25.7 Å².